The van der Waals surface area contributed by atoms with Gasteiger partial charge in [0.25, 0.3) is 0 Å². The maximum absolute atomic E-state index is 13.0. The standard InChI is InChI=1S/C14H14BrFN2O/c1-2-19-14-13(4-3-7-17-14)18-9-10-5-6-11(16)8-12(10)15/h3-8,18H,2,9H2,1H3. The van der Waals surface area contributed by atoms with Gasteiger partial charge < -0.3 is 10.1 Å². The minimum absolute atomic E-state index is 0.257. The number of halogens is 2. The predicted molar refractivity (Wildman–Crippen MR) is 76.8 cm³/mol. The van der Waals surface area contributed by atoms with Crippen LogP contribution in [-0.2, 0) is 6.54 Å². The molecule has 19 heavy (non-hydrogen) atoms. The molecule has 0 saturated carbocycles. The van der Waals surface area contributed by atoms with E-state index in [4.69, 9.17) is 4.74 Å². The fourth-order valence-electron chi connectivity index (χ4n) is 1.63. The van der Waals surface area contributed by atoms with Crippen molar-refractivity contribution in [3.63, 3.8) is 0 Å². The molecule has 0 saturated heterocycles. The SMILES string of the molecule is CCOc1ncccc1NCc1ccc(F)cc1Br. The highest BCUT2D eigenvalue weighted by molar-refractivity contribution is 9.10. The van der Waals surface area contributed by atoms with E-state index in [1.807, 2.05) is 19.1 Å². The lowest BCUT2D eigenvalue weighted by atomic mass is 10.2. The Morgan fingerprint density at radius 3 is 2.95 bits per heavy atom. The third-order valence-electron chi connectivity index (χ3n) is 2.54. The summed E-state index contributed by atoms with van der Waals surface area (Å²) >= 11 is 3.34. The third-order valence-corrected chi connectivity index (χ3v) is 3.27. The average Bonchev–Trinajstić information content (AvgIpc) is 2.40. The van der Waals surface area contributed by atoms with Crippen molar-refractivity contribution in [1.82, 2.24) is 4.98 Å². The molecule has 0 aliphatic heterocycles. The highest BCUT2D eigenvalue weighted by Gasteiger charge is 2.05. The minimum atomic E-state index is -0.257. The summed E-state index contributed by atoms with van der Waals surface area (Å²) in [7, 11) is 0. The molecule has 3 nitrogen and oxygen atoms in total. The molecular formula is C14H14BrFN2O. The number of benzene rings is 1. The summed E-state index contributed by atoms with van der Waals surface area (Å²) < 4.78 is 19.2. The van der Waals surface area contributed by atoms with Gasteiger partial charge in [-0.15, -0.1) is 0 Å². The van der Waals surface area contributed by atoms with Gasteiger partial charge in [-0.2, -0.15) is 0 Å². The molecule has 100 valence electrons. The average molecular weight is 325 g/mol. The summed E-state index contributed by atoms with van der Waals surface area (Å²) in [5, 5.41) is 3.23. The molecule has 0 aliphatic carbocycles. The van der Waals surface area contributed by atoms with Crippen LogP contribution in [0.3, 0.4) is 0 Å². The Morgan fingerprint density at radius 2 is 2.21 bits per heavy atom. The lowest BCUT2D eigenvalue weighted by molar-refractivity contribution is 0.328. The molecule has 1 heterocycles. The van der Waals surface area contributed by atoms with Crippen LogP contribution in [0.5, 0.6) is 5.88 Å². The Labute approximate surface area is 119 Å². The number of pyridine rings is 1. The molecule has 1 aromatic carbocycles. The van der Waals surface area contributed by atoms with E-state index in [9.17, 15) is 4.39 Å². The zero-order valence-electron chi connectivity index (χ0n) is 10.5. The molecule has 1 aromatic heterocycles. The van der Waals surface area contributed by atoms with E-state index >= 15 is 0 Å². The summed E-state index contributed by atoms with van der Waals surface area (Å²) in [6.45, 7) is 3.04. The second-order valence-electron chi connectivity index (χ2n) is 3.88. The lowest BCUT2D eigenvalue weighted by Gasteiger charge is -2.11. The van der Waals surface area contributed by atoms with Gasteiger partial charge >= 0.3 is 0 Å². The van der Waals surface area contributed by atoms with Crippen molar-refractivity contribution >= 4 is 21.6 Å². The van der Waals surface area contributed by atoms with Crippen LogP contribution in [0.4, 0.5) is 10.1 Å². The molecule has 0 unspecified atom stereocenters. The maximum Gasteiger partial charge on any atom is 0.237 e. The van der Waals surface area contributed by atoms with E-state index in [-0.39, 0.29) is 5.82 Å². The van der Waals surface area contributed by atoms with Gasteiger partial charge in [-0.1, -0.05) is 22.0 Å². The summed E-state index contributed by atoms with van der Waals surface area (Å²) in [5.41, 5.74) is 1.79. The lowest BCUT2D eigenvalue weighted by Crippen LogP contribution is -2.04. The first kappa shape index (κ1) is 13.8. The number of hydrogen-bond acceptors (Lipinski definition) is 3. The molecular weight excluding hydrogens is 311 g/mol. The molecule has 0 radical (unpaired) electrons. The highest BCUT2D eigenvalue weighted by atomic mass is 79.9. The van der Waals surface area contributed by atoms with E-state index < -0.39 is 0 Å². The molecule has 5 heteroatoms. The normalized spacial score (nSPS) is 10.3. The number of nitrogens with one attached hydrogen (secondary N) is 1. The van der Waals surface area contributed by atoms with Gasteiger partial charge in [0.05, 0.1) is 12.3 Å². The summed E-state index contributed by atoms with van der Waals surface area (Å²) in [6.07, 6.45) is 1.68. The molecule has 0 aliphatic rings. The number of nitrogens with zero attached hydrogens (tertiary/aromatic N) is 1. The van der Waals surface area contributed by atoms with Gasteiger partial charge in [-0.3, -0.25) is 0 Å². The first-order valence-corrected chi connectivity index (χ1v) is 6.75. The highest BCUT2D eigenvalue weighted by Crippen LogP contribution is 2.23. The second kappa shape index (κ2) is 6.52. The van der Waals surface area contributed by atoms with Gasteiger partial charge in [-0.25, -0.2) is 9.37 Å². The second-order valence-corrected chi connectivity index (χ2v) is 4.73. The number of rotatable bonds is 5. The summed E-state index contributed by atoms with van der Waals surface area (Å²) in [4.78, 5) is 4.16. The quantitative estimate of drug-likeness (QED) is 0.902. The molecule has 2 rings (SSSR count). The monoisotopic (exact) mass is 324 g/mol. The molecule has 1 N–H and O–H groups in total. The van der Waals surface area contributed by atoms with Crippen LogP contribution in [0.1, 0.15) is 12.5 Å². The summed E-state index contributed by atoms with van der Waals surface area (Å²) in [6, 6.07) is 8.36. The molecule has 0 spiro atoms. The predicted octanol–water partition coefficient (Wildman–Crippen LogP) is 3.99. The fraction of sp³-hybridized carbons (Fsp3) is 0.214. The van der Waals surface area contributed by atoms with Gasteiger partial charge in [0.15, 0.2) is 0 Å². The maximum atomic E-state index is 13.0. The number of aromatic nitrogens is 1. The van der Waals surface area contributed by atoms with Crippen molar-refractivity contribution in [2.75, 3.05) is 11.9 Å². The zero-order chi connectivity index (χ0) is 13.7. The number of anilines is 1. The van der Waals surface area contributed by atoms with Crippen LogP contribution in [-0.4, -0.2) is 11.6 Å². The van der Waals surface area contributed by atoms with E-state index in [0.29, 0.717) is 19.0 Å². The summed E-state index contributed by atoms with van der Waals surface area (Å²) in [5.74, 6) is 0.315. The Hall–Kier alpha value is -1.62. The van der Waals surface area contributed by atoms with Crippen LogP contribution in [0.15, 0.2) is 41.0 Å². The smallest absolute Gasteiger partial charge is 0.237 e. The first-order valence-electron chi connectivity index (χ1n) is 5.96. The van der Waals surface area contributed by atoms with E-state index in [1.165, 1.54) is 12.1 Å². The molecule has 0 fully saturated rings. The van der Waals surface area contributed by atoms with Crippen molar-refractivity contribution in [2.45, 2.75) is 13.5 Å². The van der Waals surface area contributed by atoms with Crippen molar-refractivity contribution in [3.05, 3.63) is 52.4 Å². The van der Waals surface area contributed by atoms with E-state index in [0.717, 1.165) is 15.7 Å². The first-order chi connectivity index (χ1) is 9.20. The van der Waals surface area contributed by atoms with E-state index in [1.54, 1.807) is 12.3 Å². The molecule has 0 atom stereocenters. The topological polar surface area (TPSA) is 34.1 Å². The largest absolute Gasteiger partial charge is 0.476 e. The van der Waals surface area contributed by atoms with Crippen LogP contribution in [0.2, 0.25) is 0 Å². The van der Waals surface area contributed by atoms with Crippen LogP contribution < -0.4 is 10.1 Å². The van der Waals surface area contributed by atoms with Gasteiger partial charge in [0.2, 0.25) is 5.88 Å². The van der Waals surface area contributed by atoms with Crippen LogP contribution in [0.25, 0.3) is 0 Å². The zero-order valence-corrected chi connectivity index (χ0v) is 12.1. The van der Waals surface area contributed by atoms with Crippen molar-refractivity contribution in [2.24, 2.45) is 0 Å². The number of ether oxygens (including phenoxy) is 1. The fourth-order valence-corrected chi connectivity index (χ4v) is 2.12. The Kier molecular flexibility index (Phi) is 4.74. The Bertz CT molecular complexity index is 563. The van der Waals surface area contributed by atoms with E-state index in [2.05, 4.69) is 26.2 Å². The van der Waals surface area contributed by atoms with Crippen molar-refractivity contribution < 1.29 is 9.13 Å². The van der Waals surface area contributed by atoms with Gasteiger partial charge in [0, 0.05) is 17.2 Å². The van der Waals surface area contributed by atoms with Crippen molar-refractivity contribution in [1.29, 1.82) is 0 Å². The van der Waals surface area contributed by atoms with Gasteiger partial charge in [-0.05, 0) is 36.8 Å². The molecule has 0 bridgehead atoms. The Balaban J connectivity index is 2.10. The van der Waals surface area contributed by atoms with Crippen LogP contribution >= 0.6 is 15.9 Å². The number of hydrogen-bond donors (Lipinski definition) is 1. The minimum Gasteiger partial charge on any atom is -0.476 e. The van der Waals surface area contributed by atoms with Crippen molar-refractivity contribution in [3.8, 4) is 5.88 Å². The molecule has 2 aromatic rings. The van der Waals surface area contributed by atoms with Gasteiger partial charge in [0.1, 0.15) is 5.82 Å². The third kappa shape index (κ3) is 3.67. The Morgan fingerprint density at radius 1 is 1.37 bits per heavy atom. The van der Waals surface area contributed by atoms with Crippen LogP contribution in [0, 0.1) is 5.82 Å². The molecule has 0 amide bonds.